The summed E-state index contributed by atoms with van der Waals surface area (Å²) in [5, 5.41) is 5.49. The van der Waals surface area contributed by atoms with Crippen LogP contribution in [-0.4, -0.2) is 30.8 Å². The van der Waals surface area contributed by atoms with E-state index in [1.807, 2.05) is 0 Å². The zero-order valence-corrected chi connectivity index (χ0v) is 18.1. The number of pyridine rings is 1. The van der Waals surface area contributed by atoms with Gasteiger partial charge in [0.15, 0.2) is 5.82 Å². The van der Waals surface area contributed by atoms with Crippen molar-refractivity contribution in [3.63, 3.8) is 0 Å². The van der Waals surface area contributed by atoms with Crippen LogP contribution in [0.5, 0.6) is 0 Å². The molecule has 3 aromatic rings. The number of carbonyl (C=O) groups excluding carboxylic acids is 1. The molecule has 0 saturated carbocycles. The van der Waals surface area contributed by atoms with Crippen LogP contribution in [0.2, 0.25) is 0 Å². The molecule has 0 aliphatic carbocycles. The first-order valence-corrected chi connectivity index (χ1v) is 8.21. The van der Waals surface area contributed by atoms with Crippen LogP contribution in [0.3, 0.4) is 0 Å². The summed E-state index contributed by atoms with van der Waals surface area (Å²) in [6.07, 6.45) is 5.56. The average Bonchev–Trinajstić information content (AvgIpc) is 2.69. The predicted octanol–water partition coefficient (Wildman–Crippen LogP) is 3.98. The fourth-order valence-corrected chi connectivity index (χ4v) is 2.17. The van der Waals surface area contributed by atoms with Crippen molar-refractivity contribution >= 4 is 23.2 Å². The largest absolute Gasteiger partial charge is 2.00 e. The second-order valence-corrected chi connectivity index (χ2v) is 5.66. The van der Waals surface area contributed by atoms with Gasteiger partial charge in [-0.15, -0.1) is 12.4 Å². The molecule has 8 nitrogen and oxygen atoms in total. The van der Waals surface area contributed by atoms with Crippen molar-refractivity contribution in [2.75, 3.05) is 10.6 Å². The monoisotopic (exact) mass is 519 g/mol. The molecule has 13 heteroatoms. The summed E-state index contributed by atoms with van der Waals surface area (Å²) < 4.78 is 46.0. The Morgan fingerprint density at radius 1 is 1.13 bits per heavy atom. The van der Waals surface area contributed by atoms with E-state index in [1.165, 1.54) is 43.8 Å². The minimum atomic E-state index is -3.18. The van der Waals surface area contributed by atoms with Crippen LogP contribution >= 0.6 is 0 Å². The molecule has 0 radical (unpaired) electrons. The molecule has 31 heavy (non-hydrogen) atoms. The number of nitrogens with zero attached hydrogens (tertiary/aromatic N) is 5. The van der Waals surface area contributed by atoms with E-state index < -0.39 is 18.7 Å². The van der Waals surface area contributed by atoms with Gasteiger partial charge in [0, 0.05) is 32.3 Å². The molecule has 0 atom stereocenters. The van der Waals surface area contributed by atoms with Crippen molar-refractivity contribution in [3.8, 4) is 11.4 Å². The molecule has 0 saturated heterocycles. The normalized spacial score (nSPS) is 10.3. The van der Waals surface area contributed by atoms with Gasteiger partial charge in [-0.2, -0.15) is 8.78 Å². The van der Waals surface area contributed by atoms with E-state index in [1.54, 1.807) is 0 Å². The smallest absolute Gasteiger partial charge is 0.434 e. The number of anilines is 3. The Morgan fingerprint density at radius 2 is 1.77 bits per heavy atom. The van der Waals surface area contributed by atoms with Crippen molar-refractivity contribution in [1.82, 2.24) is 24.9 Å². The predicted molar refractivity (Wildman–Crippen MR) is 99.8 cm³/mol. The summed E-state index contributed by atoms with van der Waals surface area (Å²) in [6.45, 7) is 1.06. The Morgan fingerprint density at radius 3 is 2.35 bits per heavy atom. The molecule has 3 rings (SSSR count). The molecule has 2 N–H and O–H groups in total. The summed E-state index contributed by atoms with van der Waals surface area (Å²) in [6, 6.07) is 5.68. The molecule has 3 aromatic heterocycles. The number of amides is 1. The van der Waals surface area contributed by atoms with Crippen molar-refractivity contribution in [3.05, 3.63) is 55.7 Å². The number of halogens is 4. The molecule has 1 amide bonds. The first-order valence-electron chi connectivity index (χ1n) is 8.21. The Balaban J connectivity index is 0.00000113. The van der Waals surface area contributed by atoms with E-state index in [0.29, 0.717) is 24.0 Å². The minimum Gasteiger partial charge on any atom is -0.434 e. The molecular weight excluding hydrogens is 502 g/mol. The number of aromatic nitrogens is 5. The molecular formula is C18H15F4MoN7O. The van der Waals surface area contributed by atoms with Gasteiger partial charge < -0.3 is 25.5 Å². The summed E-state index contributed by atoms with van der Waals surface area (Å²) in [4.78, 5) is 31.1. The third-order valence-electron chi connectivity index (χ3n) is 3.28. The third kappa shape index (κ3) is 7.97. The summed E-state index contributed by atoms with van der Waals surface area (Å²) in [5.74, 6) is -3.35. The van der Waals surface area contributed by atoms with Gasteiger partial charge >= 0.3 is 27.0 Å². The zero-order chi connectivity index (χ0) is 22.1. The molecule has 0 spiro atoms. The number of alkyl halides is 2. The van der Waals surface area contributed by atoms with Gasteiger partial charge in [-0.1, -0.05) is 0 Å². The fraction of sp³-hybridized carbons (Fsp3) is 0.167. The van der Waals surface area contributed by atoms with E-state index in [0.717, 1.165) is 0 Å². The fourth-order valence-electron chi connectivity index (χ4n) is 2.17. The topological polar surface area (TPSA) is 106 Å². The first kappa shape index (κ1) is 26.0. The molecule has 0 aliphatic heterocycles. The summed E-state index contributed by atoms with van der Waals surface area (Å²) >= 11 is 0. The van der Waals surface area contributed by atoms with E-state index in [-0.39, 0.29) is 38.6 Å². The van der Waals surface area contributed by atoms with Gasteiger partial charge in [0.2, 0.25) is 11.7 Å². The van der Waals surface area contributed by atoms with Crippen LogP contribution < -0.4 is 10.6 Å². The van der Waals surface area contributed by atoms with Crippen molar-refractivity contribution in [2.24, 2.45) is 0 Å². The molecule has 0 unspecified atom stereocenters. The van der Waals surface area contributed by atoms with Crippen LogP contribution in [-0.2, 0) is 31.8 Å². The molecule has 0 aromatic carbocycles. The summed E-state index contributed by atoms with van der Waals surface area (Å²) in [5.41, 5.74) is 0.908. The molecule has 162 valence electrons. The number of hydrogen-bond donors (Lipinski definition) is 2. The van der Waals surface area contributed by atoms with Gasteiger partial charge in [0.1, 0.15) is 11.6 Å². The maximum atomic E-state index is 13.5. The van der Waals surface area contributed by atoms with Gasteiger partial charge in [-0.25, -0.2) is 15.0 Å². The third-order valence-corrected chi connectivity index (χ3v) is 3.28. The van der Waals surface area contributed by atoms with Crippen LogP contribution in [0.1, 0.15) is 19.7 Å². The quantitative estimate of drug-likeness (QED) is 0.300. The van der Waals surface area contributed by atoms with Crippen molar-refractivity contribution in [2.45, 2.75) is 19.8 Å². The molecule has 0 aliphatic rings. The molecule has 0 bridgehead atoms. The number of nitrogens with one attached hydrogen (secondary N) is 2. The summed E-state index contributed by atoms with van der Waals surface area (Å²) in [7, 11) is 0. The van der Waals surface area contributed by atoms with Crippen molar-refractivity contribution in [1.29, 1.82) is 0 Å². The van der Waals surface area contributed by atoms with Crippen molar-refractivity contribution < 1.29 is 43.4 Å². The average molecular weight is 517 g/mol. The maximum Gasteiger partial charge on any atom is 2.00 e. The number of rotatable bonds is 5. The Labute approximate surface area is 189 Å². The Bertz CT molecular complexity index is 990. The van der Waals surface area contributed by atoms with E-state index in [2.05, 4.69) is 41.6 Å². The number of hydrogen-bond acceptors (Lipinski definition) is 7. The molecule has 0 fully saturated rings. The zero-order valence-electron chi connectivity index (χ0n) is 16.1. The first-order chi connectivity index (χ1) is 14.2. The molecule has 3 heterocycles. The van der Waals surface area contributed by atoms with E-state index >= 15 is 0 Å². The van der Waals surface area contributed by atoms with Gasteiger partial charge in [0.25, 0.3) is 0 Å². The standard InChI is InChI=1S/C17H14F2N7O.CHF2.Mo/c1-10(27)24-14-8-12(11(9-23-14)15-20-5-3-6-21-15)25-13-4-7-22-16(26-13)17(2,18)19;2-1-3;/h4-9H,1-2H3,(H2,22,23,24,25,26,27);1H;/q2*-1;+2. The van der Waals surface area contributed by atoms with Gasteiger partial charge in [0.05, 0.1) is 11.3 Å². The van der Waals surface area contributed by atoms with Crippen LogP contribution in [0, 0.1) is 13.0 Å². The van der Waals surface area contributed by atoms with E-state index in [9.17, 15) is 22.4 Å². The second kappa shape index (κ2) is 12.0. The van der Waals surface area contributed by atoms with Crippen LogP contribution in [0.4, 0.5) is 34.9 Å². The van der Waals surface area contributed by atoms with Crippen LogP contribution in [0.25, 0.3) is 11.4 Å². The van der Waals surface area contributed by atoms with Gasteiger partial charge in [-0.3, -0.25) is 14.8 Å². The SMILES string of the molecule is CC(=O)Nc1cc(Nc2ccnc(C(C)(F)F)n2)c(-c2nc[c-]cn2)cn1.F[CH-]F.[Mo+2]. The number of carbonyl (C=O) groups is 1. The second-order valence-electron chi connectivity index (χ2n) is 5.66. The van der Waals surface area contributed by atoms with E-state index in [4.69, 9.17) is 0 Å². The maximum absolute atomic E-state index is 13.5. The van der Waals surface area contributed by atoms with Gasteiger partial charge in [-0.05, 0) is 13.0 Å². The Kier molecular flexibility index (Phi) is 10.1. The van der Waals surface area contributed by atoms with Crippen LogP contribution in [0.15, 0.2) is 36.9 Å². The Hall–Kier alpha value is -3.01. The minimum absolute atomic E-state index is 0.